The predicted molar refractivity (Wildman–Crippen MR) is 50.8 cm³/mol. The van der Waals surface area contributed by atoms with E-state index in [9.17, 15) is 9.59 Å². The molecule has 0 aromatic carbocycles. The molecular weight excluding hydrogens is 184 g/mol. The zero-order valence-electron chi connectivity index (χ0n) is 8.52. The smallest absolute Gasteiger partial charge is 0.346 e. The summed E-state index contributed by atoms with van der Waals surface area (Å²) < 4.78 is 2.60. The van der Waals surface area contributed by atoms with Crippen molar-refractivity contribution in [3.63, 3.8) is 0 Å². The topological polar surface area (TPSA) is 82.9 Å². The molecule has 0 unspecified atom stereocenters. The number of rotatable bonds is 3. The fourth-order valence-corrected chi connectivity index (χ4v) is 1.19. The summed E-state index contributed by atoms with van der Waals surface area (Å²) in [6.45, 7) is 5.26. The number of nitrogens with two attached hydrogens (primary N) is 1. The van der Waals surface area contributed by atoms with Gasteiger partial charge in [-0.3, -0.25) is 9.36 Å². The lowest BCUT2D eigenvalue weighted by Crippen LogP contribution is -2.31. The molecule has 14 heavy (non-hydrogen) atoms. The third kappa shape index (κ3) is 1.84. The highest BCUT2D eigenvalue weighted by molar-refractivity contribution is 5.73. The summed E-state index contributed by atoms with van der Waals surface area (Å²) in [6.07, 6.45) is 0. The van der Waals surface area contributed by atoms with Crippen LogP contribution in [0, 0.1) is 6.92 Å². The Hall–Kier alpha value is -1.59. The van der Waals surface area contributed by atoms with Crippen LogP contribution in [0.15, 0.2) is 4.79 Å². The van der Waals surface area contributed by atoms with E-state index in [1.165, 1.54) is 9.25 Å². The number of hydrogen-bond acceptors (Lipinski definition) is 3. The van der Waals surface area contributed by atoms with E-state index in [4.69, 9.17) is 5.73 Å². The lowest BCUT2D eigenvalue weighted by Gasteiger charge is -2.01. The molecular formula is C8H14N4O2. The minimum atomic E-state index is -0.543. The molecule has 6 heteroatoms. The van der Waals surface area contributed by atoms with Crippen molar-refractivity contribution in [1.82, 2.24) is 14.3 Å². The van der Waals surface area contributed by atoms with E-state index in [1.807, 2.05) is 13.8 Å². The summed E-state index contributed by atoms with van der Waals surface area (Å²) in [5.41, 5.74) is 4.72. The van der Waals surface area contributed by atoms with Crippen LogP contribution in [0.4, 0.5) is 0 Å². The standard InChI is InChI=1S/C8H14N4O2/c1-5(2)12-8(14)11(4-7(9)13)6(3)10-12/h5H,4H2,1-3H3,(H2,9,13). The van der Waals surface area contributed by atoms with Crippen LogP contribution in [0.3, 0.4) is 0 Å². The summed E-state index contributed by atoms with van der Waals surface area (Å²) in [5.74, 6) is -0.0407. The van der Waals surface area contributed by atoms with Gasteiger partial charge in [-0.15, -0.1) is 0 Å². The quantitative estimate of drug-likeness (QED) is 0.705. The van der Waals surface area contributed by atoms with Gasteiger partial charge in [0.25, 0.3) is 0 Å². The third-order valence-corrected chi connectivity index (χ3v) is 1.87. The highest BCUT2D eigenvalue weighted by atomic mass is 16.2. The number of carbonyl (C=O) groups is 1. The first-order chi connectivity index (χ1) is 6.43. The largest absolute Gasteiger partial charge is 0.368 e. The molecule has 0 aliphatic carbocycles. The Balaban J connectivity index is 3.18. The number of aromatic nitrogens is 3. The summed E-state index contributed by atoms with van der Waals surface area (Å²) in [6, 6.07) is -0.0182. The van der Waals surface area contributed by atoms with Crippen molar-refractivity contribution in [2.45, 2.75) is 33.4 Å². The van der Waals surface area contributed by atoms with Crippen molar-refractivity contribution < 1.29 is 4.79 Å². The minimum Gasteiger partial charge on any atom is -0.368 e. The van der Waals surface area contributed by atoms with Gasteiger partial charge in [0.2, 0.25) is 5.91 Å². The van der Waals surface area contributed by atoms with Crippen molar-refractivity contribution in [2.75, 3.05) is 0 Å². The maximum absolute atomic E-state index is 11.6. The second-order valence-corrected chi connectivity index (χ2v) is 3.42. The van der Waals surface area contributed by atoms with Gasteiger partial charge in [0.15, 0.2) is 0 Å². The normalized spacial score (nSPS) is 10.9. The van der Waals surface area contributed by atoms with Crippen molar-refractivity contribution in [3.8, 4) is 0 Å². The Labute approximate surface area is 81.3 Å². The van der Waals surface area contributed by atoms with Crippen LogP contribution < -0.4 is 11.4 Å². The summed E-state index contributed by atoms with van der Waals surface area (Å²) >= 11 is 0. The molecule has 0 saturated carbocycles. The lowest BCUT2D eigenvalue weighted by molar-refractivity contribution is -0.118. The number of nitrogens with zero attached hydrogens (tertiary/aromatic N) is 3. The van der Waals surface area contributed by atoms with Gasteiger partial charge >= 0.3 is 5.69 Å². The van der Waals surface area contributed by atoms with Crippen molar-refractivity contribution in [2.24, 2.45) is 5.73 Å². The van der Waals surface area contributed by atoms with E-state index in [2.05, 4.69) is 5.10 Å². The molecule has 78 valence electrons. The first kappa shape index (κ1) is 10.5. The van der Waals surface area contributed by atoms with Crippen LogP contribution >= 0.6 is 0 Å². The molecule has 1 amide bonds. The van der Waals surface area contributed by atoms with Crippen LogP contribution in [0.5, 0.6) is 0 Å². The lowest BCUT2D eigenvalue weighted by atomic mass is 10.4. The first-order valence-corrected chi connectivity index (χ1v) is 4.37. The van der Waals surface area contributed by atoms with E-state index in [1.54, 1.807) is 6.92 Å². The predicted octanol–water partition coefficient (Wildman–Crippen LogP) is -0.581. The summed E-state index contributed by atoms with van der Waals surface area (Å²) in [7, 11) is 0. The third-order valence-electron chi connectivity index (χ3n) is 1.87. The highest BCUT2D eigenvalue weighted by Gasteiger charge is 2.12. The van der Waals surface area contributed by atoms with Gasteiger partial charge in [-0.25, -0.2) is 9.48 Å². The van der Waals surface area contributed by atoms with Crippen LogP contribution in [-0.4, -0.2) is 20.3 Å². The molecule has 1 rings (SSSR count). The number of aryl methyl sites for hydroxylation is 1. The van der Waals surface area contributed by atoms with E-state index in [0.29, 0.717) is 5.82 Å². The second kappa shape index (κ2) is 3.65. The molecule has 0 fully saturated rings. The van der Waals surface area contributed by atoms with Crippen LogP contribution in [-0.2, 0) is 11.3 Å². The van der Waals surface area contributed by atoms with Crippen molar-refractivity contribution in [3.05, 3.63) is 16.3 Å². The van der Waals surface area contributed by atoms with Gasteiger partial charge in [-0.2, -0.15) is 5.10 Å². The first-order valence-electron chi connectivity index (χ1n) is 4.37. The summed E-state index contributed by atoms with van der Waals surface area (Å²) in [5, 5.41) is 4.02. The average Bonchev–Trinajstić information content (AvgIpc) is 2.31. The Bertz CT molecular complexity index is 402. The zero-order valence-corrected chi connectivity index (χ0v) is 8.52. The van der Waals surface area contributed by atoms with Crippen molar-refractivity contribution >= 4 is 5.91 Å². The van der Waals surface area contributed by atoms with Gasteiger partial charge in [0, 0.05) is 0 Å². The Morgan fingerprint density at radius 1 is 1.57 bits per heavy atom. The van der Waals surface area contributed by atoms with Crippen molar-refractivity contribution in [1.29, 1.82) is 0 Å². The Morgan fingerprint density at radius 3 is 2.50 bits per heavy atom. The average molecular weight is 198 g/mol. The number of carbonyl (C=O) groups excluding carboxylic acids is 1. The number of hydrogen-bond donors (Lipinski definition) is 1. The van der Waals surface area contributed by atoms with Crippen LogP contribution in [0.1, 0.15) is 25.7 Å². The van der Waals surface area contributed by atoms with Gasteiger partial charge < -0.3 is 5.73 Å². The molecule has 0 radical (unpaired) electrons. The second-order valence-electron chi connectivity index (χ2n) is 3.42. The van der Waals surface area contributed by atoms with Crippen LogP contribution in [0.25, 0.3) is 0 Å². The van der Waals surface area contributed by atoms with E-state index < -0.39 is 5.91 Å². The highest BCUT2D eigenvalue weighted by Crippen LogP contribution is 1.98. The van der Waals surface area contributed by atoms with Gasteiger partial charge in [-0.1, -0.05) is 0 Å². The molecule has 0 aliphatic heterocycles. The molecule has 0 bridgehead atoms. The summed E-state index contributed by atoms with van der Waals surface area (Å²) in [4.78, 5) is 22.3. The minimum absolute atomic E-state index is 0.0182. The zero-order chi connectivity index (χ0) is 10.9. The SMILES string of the molecule is Cc1nn(C(C)C)c(=O)n1CC(N)=O. The molecule has 1 aromatic rings. The van der Waals surface area contributed by atoms with E-state index >= 15 is 0 Å². The van der Waals surface area contributed by atoms with E-state index in [0.717, 1.165) is 0 Å². The molecule has 6 nitrogen and oxygen atoms in total. The fourth-order valence-electron chi connectivity index (χ4n) is 1.19. The van der Waals surface area contributed by atoms with Gasteiger partial charge in [0.1, 0.15) is 12.4 Å². The maximum atomic E-state index is 11.6. The van der Waals surface area contributed by atoms with Crippen LogP contribution in [0.2, 0.25) is 0 Å². The molecule has 0 saturated heterocycles. The molecule has 1 aromatic heterocycles. The van der Waals surface area contributed by atoms with E-state index in [-0.39, 0.29) is 18.3 Å². The number of primary amides is 1. The monoisotopic (exact) mass is 198 g/mol. The Morgan fingerprint density at radius 2 is 2.14 bits per heavy atom. The fraction of sp³-hybridized carbons (Fsp3) is 0.625. The molecule has 0 aliphatic rings. The molecule has 1 heterocycles. The van der Waals surface area contributed by atoms with Gasteiger partial charge in [0.05, 0.1) is 6.04 Å². The number of amides is 1. The molecule has 2 N–H and O–H groups in total. The van der Waals surface area contributed by atoms with Gasteiger partial charge in [-0.05, 0) is 20.8 Å². The maximum Gasteiger partial charge on any atom is 0.346 e. The molecule has 0 atom stereocenters. The molecule has 0 spiro atoms. The Kier molecular flexibility index (Phi) is 2.73.